The third-order valence-electron chi connectivity index (χ3n) is 5.32. The molecular weight excluding hydrogens is 602 g/mol. The van der Waals surface area contributed by atoms with Gasteiger partial charge >= 0.3 is 25.8 Å². The molecule has 31 heavy (non-hydrogen) atoms. The molecule has 0 saturated heterocycles. The second kappa shape index (κ2) is 11.8. The number of halogens is 2. The quantitative estimate of drug-likeness (QED) is 0.200. The zero-order valence-corrected chi connectivity index (χ0v) is 23.0. The minimum atomic E-state index is 0. The molecule has 0 bridgehead atoms. The fourth-order valence-electron chi connectivity index (χ4n) is 3.90. The second-order valence-electron chi connectivity index (χ2n) is 6.82. The van der Waals surface area contributed by atoms with Crippen LogP contribution in [0.5, 0.6) is 23.0 Å². The maximum Gasteiger partial charge on any atom is 4.00 e. The molecule has 0 amide bonds. The van der Waals surface area contributed by atoms with Gasteiger partial charge < -0.3 is 43.8 Å². The van der Waals surface area contributed by atoms with Crippen LogP contribution in [0.15, 0.2) is 48.5 Å². The molecule has 4 rings (SSSR count). The molecule has 4 aromatic carbocycles. The van der Waals surface area contributed by atoms with Crippen LogP contribution in [0.1, 0.15) is 11.1 Å². The van der Waals surface area contributed by atoms with Gasteiger partial charge in [0.15, 0.2) is 0 Å². The van der Waals surface area contributed by atoms with Gasteiger partial charge in [-0.3, -0.25) is 0 Å². The van der Waals surface area contributed by atoms with E-state index in [0.717, 1.165) is 57.4 Å². The molecule has 0 fully saturated rings. The van der Waals surface area contributed by atoms with Crippen molar-refractivity contribution in [3.63, 3.8) is 0 Å². The first-order chi connectivity index (χ1) is 13.7. The van der Waals surface area contributed by atoms with Gasteiger partial charge in [-0.15, -0.1) is 34.0 Å². The minimum absolute atomic E-state index is 0. The van der Waals surface area contributed by atoms with E-state index in [4.69, 9.17) is 18.9 Å². The Morgan fingerprint density at radius 1 is 0.581 bits per heavy atom. The van der Waals surface area contributed by atoms with E-state index in [1.807, 2.05) is 24.3 Å². The van der Waals surface area contributed by atoms with Crippen LogP contribution in [0.25, 0.3) is 21.5 Å². The van der Waals surface area contributed by atoms with Gasteiger partial charge in [0.2, 0.25) is 0 Å². The van der Waals surface area contributed by atoms with Crippen molar-refractivity contribution in [1.82, 2.24) is 0 Å². The van der Waals surface area contributed by atoms with E-state index in [0.29, 0.717) is 0 Å². The molecule has 7 heteroatoms. The average molecular weight is 626 g/mol. The summed E-state index contributed by atoms with van der Waals surface area (Å²) < 4.78 is 22.0. The molecule has 0 N–H and O–H groups in total. The molecule has 0 spiro atoms. The summed E-state index contributed by atoms with van der Waals surface area (Å²) in [4.78, 5) is 0. The third-order valence-corrected chi connectivity index (χ3v) is 5.32. The van der Waals surface area contributed by atoms with Gasteiger partial charge in [0.1, 0.15) is 0 Å². The summed E-state index contributed by atoms with van der Waals surface area (Å²) in [5.74, 6) is 3.48. The Labute approximate surface area is 214 Å². The van der Waals surface area contributed by atoms with E-state index < -0.39 is 0 Å². The van der Waals surface area contributed by atoms with Gasteiger partial charge in [-0.1, -0.05) is 22.9 Å². The Morgan fingerprint density at radius 3 is 1.23 bits per heavy atom. The van der Waals surface area contributed by atoms with Crippen LogP contribution in [-0.4, -0.2) is 28.4 Å². The van der Waals surface area contributed by atoms with Crippen LogP contribution in [0.4, 0.5) is 0 Å². The molecule has 0 aliphatic rings. The summed E-state index contributed by atoms with van der Waals surface area (Å²) >= 11 is 0. The van der Waals surface area contributed by atoms with Gasteiger partial charge in [-0.05, 0) is 25.0 Å². The zero-order valence-electron chi connectivity index (χ0n) is 17.9. The Bertz CT molecular complexity index is 962. The number of methoxy groups -OCH3 is 4. The molecule has 0 saturated carbocycles. The van der Waals surface area contributed by atoms with Crippen LogP contribution >= 0.6 is 0 Å². The number of hydrogen-bond donors (Lipinski definition) is 0. The summed E-state index contributed by atoms with van der Waals surface area (Å²) in [6, 6.07) is 16.6. The standard InChI is InChI=1S/C24H24O4.2ClH.Hf/c1-25-21-7-8-22(26-2)18-12-15(11-17(18)21)5-6-16-13-19-20(14-16)24(28-4)10-9-23(19)27-3;;;/h7-14H,5-6H2,1-4H3;2*1H;/q-2;;;+4/p-2. The molecule has 0 radical (unpaired) electrons. The fraction of sp³-hybridized carbons (Fsp3) is 0.250. The Kier molecular flexibility index (Phi) is 10.4. The van der Waals surface area contributed by atoms with E-state index in [2.05, 4.69) is 24.3 Å². The summed E-state index contributed by atoms with van der Waals surface area (Å²) in [6.45, 7) is 0. The monoisotopic (exact) mass is 626 g/mol. The van der Waals surface area contributed by atoms with Gasteiger partial charge in [-0.2, -0.15) is 12.1 Å². The number of benzene rings is 2. The largest absolute Gasteiger partial charge is 4.00 e. The van der Waals surface area contributed by atoms with Gasteiger partial charge in [0.05, 0.1) is 39.9 Å². The van der Waals surface area contributed by atoms with Crippen molar-refractivity contribution < 1.29 is 69.6 Å². The SMILES string of the molecule is COc1ccc(OC)c2[cH-]c(CCc3cc4c(OC)ccc(OC)c4[cH-]3)cc12.[Cl-].[Cl-].[Hf+4]. The molecule has 0 heterocycles. The van der Waals surface area contributed by atoms with Crippen LogP contribution < -0.4 is 43.8 Å². The van der Waals surface area contributed by atoms with E-state index in [-0.39, 0.29) is 50.7 Å². The van der Waals surface area contributed by atoms with Crippen molar-refractivity contribution >= 4 is 21.5 Å². The normalized spacial score (nSPS) is 10.1. The number of rotatable bonds is 7. The number of hydrogen-bond acceptors (Lipinski definition) is 4. The maximum absolute atomic E-state index is 5.51. The van der Waals surface area contributed by atoms with Gasteiger partial charge in [0.25, 0.3) is 0 Å². The van der Waals surface area contributed by atoms with Crippen molar-refractivity contribution in [2.75, 3.05) is 28.4 Å². The molecule has 0 aliphatic carbocycles. The molecule has 162 valence electrons. The van der Waals surface area contributed by atoms with Crippen LogP contribution in [-0.2, 0) is 38.7 Å². The summed E-state index contributed by atoms with van der Waals surface area (Å²) in [5, 5.41) is 4.36. The van der Waals surface area contributed by atoms with Crippen LogP contribution in [0.3, 0.4) is 0 Å². The molecular formula is C24H24Cl2HfO4. The Balaban J connectivity index is 0.00000160. The van der Waals surface area contributed by atoms with E-state index in [9.17, 15) is 0 Å². The number of ether oxygens (including phenoxy) is 4. The first kappa shape index (κ1) is 27.3. The number of aryl methyl sites for hydroxylation is 2. The number of fused-ring (bicyclic) bond motifs is 2. The van der Waals surface area contributed by atoms with Gasteiger partial charge in [-0.25, -0.2) is 0 Å². The molecule has 4 aromatic rings. The predicted molar refractivity (Wildman–Crippen MR) is 113 cm³/mol. The molecule has 0 aliphatic heterocycles. The molecule has 0 unspecified atom stereocenters. The molecule has 4 nitrogen and oxygen atoms in total. The van der Waals surface area contributed by atoms with Crippen LogP contribution in [0.2, 0.25) is 0 Å². The van der Waals surface area contributed by atoms with Gasteiger partial charge in [0, 0.05) is 11.5 Å². The first-order valence-corrected chi connectivity index (χ1v) is 9.29. The fourth-order valence-corrected chi connectivity index (χ4v) is 3.90. The molecule has 0 aromatic heterocycles. The maximum atomic E-state index is 5.51. The summed E-state index contributed by atoms with van der Waals surface area (Å²) in [7, 11) is 6.79. The smallest absolute Gasteiger partial charge is 1.00 e. The Morgan fingerprint density at radius 2 is 0.903 bits per heavy atom. The van der Waals surface area contributed by atoms with Crippen molar-refractivity contribution in [2.45, 2.75) is 12.8 Å². The predicted octanol–water partition coefficient (Wildman–Crippen LogP) is -0.744. The Hall–Kier alpha value is -1.69. The minimum Gasteiger partial charge on any atom is -1.00 e. The summed E-state index contributed by atoms with van der Waals surface area (Å²) in [6.07, 6.45) is 1.86. The first-order valence-electron chi connectivity index (χ1n) is 9.29. The zero-order chi connectivity index (χ0) is 19.7. The molecule has 0 atom stereocenters. The topological polar surface area (TPSA) is 36.9 Å². The van der Waals surface area contributed by atoms with Crippen molar-refractivity contribution in [3.8, 4) is 23.0 Å². The second-order valence-corrected chi connectivity index (χ2v) is 6.82. The third kappa shape index (κ3) is 5.21. The van der Waals surface area contributed by atoms with Crippen LogP contribution in [0, 0.1) is 0 Å². The average Bonchev–Trinajstić information content (AvgIpc) is 3.35. The van der Waals surface area contributed by atoms with E-state index in [1.54, 1.807) is 28.4 Å². The van der Waals surface area contributed by atoms with E-state index in [1.165, 1.54) is 11.1 Å². The van der Waals surface area contributed by atoms with Crippen molar-refractivity contribution in [1.29, 1.82) is 0 Å². The van der Waals surface area contributed by atoms with Crippen molar-refractivity contribution in [2.24, 2.45) is 0 Å². The van der Waals surface area contributed by atoms with Crippen molar-refractivity contribution in [3.05, 3.63) is 59.7 Å². The summed E-state index contributed by atoms with van der Waals surface area (Å²) in [5.41, 5.74) is 2.53. The van der Waals surface area contributed by atoms with E-state index >= 15 is 0 Å².